The molecule has 0 saturated carbocycles. The van der Waals surface area contributed by atoms with E-state index >= 15 is 0 Å². The van der Waals surface area contributed by atoms with Crippen LogP contribution in [0.2, 0.25) is 0 Å². The molecule has 1 N–H and O–H groups in total. The van der Waals surface area contributed by atoms with Crippen molar-refractivity contribution in [3.63, 3.8) is 0 Å². The Balaban J connectivity index is 2.25. The van der Waals surface area contributed by atoms with E-state index in [9.17, 15) is 9.59 Å². The van der Waals surface area contributed by atoms with Gasteiger partial charge in [-0.25, -0.2) is 0 Å². The molecule has 2 aromatic rings. The molecule has 1 amide bonds. The van der Waals surface area contributed by atoms with Gasteiger partial charge in [0.25, 0.3) is 0 Å². The molecule has 0 unspecified atom stereocenters. The van der Waals surface area contributed by atoms with Crippen LogP contribution in [0.4, 0.5) is 5.69 Å². The van der Waals surface area contributed by atoms with E-state index in [1.165, 1.54) is 6.92 Å². The third-order valence-electron chi connectivity index (χ3n) is 3.14. The van der Waals surface area contributed by atoms with Crippen molar-refractivity contribution in [2.45, 2.75) is 13.8 Å². The van der Waals surface area contributed by atoms with Gasteiger partial charge in [-0.2, -0.15) is 0 Å². The van der Waals surface area contributed by atoms with Crippen LogP contribution in [0.1, 0.15) is 28.4 Å². The molecular weight excluding hydrogens is 266 g/mol. The van der Waals surface area contributed by atoms with Gasteiger partial charge in [-0.15, -0.1) is 0 Å². The molecule has 0 heterocycles. The van der Waals surface area contributed by atoms with Crippen molar-refractivity contribution in [2.24, 2.45) is 0 Å². The fourth-order valence-electron chi connectivity index (χ4n) is 2.04. The smallest absolute Gasteiger partial charge is 0.221 e. The number of hydrogen-bond donors (Lipinski definition) is 1. The number of anilines is 1. The molecule has 108 valence electrons. The molecule has 21 heavy (non-hydrogen) atoms. The summed E-state index contributed by atoms with van der Waals surface area (Å²) in [6.07, 6.45) is 0. The van der Waals surface area contributed by atoms with Gasteiger partial charge < -0.3 is 10.1 Å². The number of benzene rings is 2. The van der Waals surface area contributed by atoms with Crippen molar-refractivity contribution in [2.75, 3.05) is 12.4 Å². The molecule has 0 radical (unpaired) electrons. The van der Waals surface area contributed by atoms with Crippen LogP contribution in [0.5, 0.6) is 5.75 Å². The maximum atomic E-state index is 12.4. The molecule has 0 fully saturated rings. The van der Waals surface area contributed by atoms with Crippen LogP contribution in [0.25, 0.3) is 0 Å². The molecule has 0 aliphatic rings. The van der Waals surface area contributed by atoms with Gasteiger partial charge in [-0.05, 0) is 42.8 Å². The quantitative estimate of drug-likeness (QED) is 0.877. The van der Waals surface area contributed by atoms with Gasteiger partial charge in [-0.3, -0.25) is 9.59 Å². The zero-order chi connectivity index (χ0) is 15.4. The minimum Gasteiger partial charge on any atom is -0.496 e. The minimum atomic E-state index is -0.141. The zero-order valence-electron chi connectivity index (χ0n) is 12.3. The summed E-state index contributed by atoms with van der Waals surface area (Å²) in [6.45, 7) is 3.37. The summed E-state index contributed by atoms with van der Waals surface area (Å²) in [5.41, 5.74) is 2.79. The summed E-state index contributed by atoms with van der Waals surface area (Å²) in [6, 6.07) is 12.2. The minimum absolute atomic E-state index is 0.0809. The van der Waals surface area contributed by atoms with Gasteiger partial charge >= 0.3 is 0 Å². The molecule has 0 spiro atoms. The Morgan fingerprint density at radius 2 is 1.62 bits per heavy atom. The summed E-state index contributed by atoms with van der Waals surface area (Å²) in [5, 5.41) is 2.67. The van der Waals surface area contributed by atoms with Crippen molar-refractivity contribution in [3.05, 3.63) is 59.2 Å². The third kappa shape index (κ3) is 3.48. The van der Waals surface area contributed by atoms with Crippen LogP contribution in [-0.2, 0) is 4.79 Å². The predicted molar refractivity (Wildman–Crippen MR) is 81.9 cm³/mol. The molecule has 0 aliphatic carbocycles. The Kier molecular flexibility index (Phi) is 4.38. The number of amides is 1. The van der Waals surface area contributed by atoms with E-state index in [2.05, 4.69) is 5.32 Å². The Morgan fingerprint density at radius 3 is 2.19 bits per heavy atom. The van der Waals surface area contributed by atoms with Crippen molar-refractivity contribution in [1.82, 2.24) is 0 Å². The molecule has 2 rings (SSSR count). The first-order valence-corrected chi connectivity index (χ1v) is 6.58. The first kappa shape index (κ1) is 14.8. The van der Waals surface area contributed by atoms with E-state index in [0.717, 1.165) is 5.56 Å². The van der Waals surface area contributed by atoms with Crippen molar-refractivity contribution < 1.29 is 14.3 Å². The van der Waals surface area contributed by atoms with Crippen LogP contribution >= 0.6 is 0 Å². The van der Waals surface area contributed by atoms with Gasteiger partial charge in [0.2, 0.25) is 5.91 Å². The number of aryl methyl sites for hydroxylation is 1. The number of rotatable bonds is 4. The second-order valence-corrected chi connectivity index (χ2v) is 4.77. The van der Waals surface area contributed by atoms with Gasteiger partial charge in [0.05, 0.1) is 7.11 Å². The van der Waals surface area contributed by atoms with Gasteiger partial charge in [0.1, 0.15) is 5.75 Å². The van der Waals surface area contributed by atoms with Gasteiger partial charge in [0, 0.05) is 23.7 Å². The SMILES string of the molecule is COc1cc(C(=O)c2ccc(NC(C)=O)cc2)ccc1C. The van der Waals surface area contributed by atoms with Gasteiger partial charge in [-0.1, -0.05) is 12.1 Å². The van der Waals surface area contributed by atoms with Crippen molar-refractivity contribution in [1.29, 1.82) is 0 Å². The lowest BCUT2D eigenvalue weighted by Gasteiger charge is -2.08. The van der Waals surface area contributed by atoms with E-state index in [1.54, 1.807) is 43.5 Å². The summed E-state index contributed by atoms with van der Waals surface area (Å²) in [7, 11) is 1.58. The molecule has 0 aromatic heterocycles. The Labute approximate surface area is 123 Å². The molecule has 4 nitrogen and oxygen atoms in total. The highest BCUT2D eigenvalue weighted by molar-refractivity contribution is 6.09. The fraction of sp³-hybridized carbons (Fsp3) is 0.176. The van der Waals surface area contributed by atoms with Crippen LogP contribution in [0.3, 0.4) is 0 Å². The Hall–Kier alpha value is -2.62. The van der Waals surface area contributed by atoms with Crippen molar-refractivity contribution >= 4 is 17.4 Å². The van der Waals surface area contributed by atoms with Crippen molar-refractivity contribution in [3.8, 4) is 5.75 Å². The van der Waals surface area contributed by atoms with Crippen LogP contribution in [-0.4, -0.2) is 18.8 Å². The fourth-order valence-corrected chi connectivity index (χ4v) is 2.04. The third-order valence-corrected chi connectivity index (χ3v) is 3.14. The van der Waals surface area contributed by atoms with E-state index in [4.69, 9.17) is 4.74 Å². The lowest BCUT2D eigenvalue weighted by atomic mass is 10.0. The van der Waals surface area contributed by atoms with Gasteiger partial charge in [0.15, 0.2) is 5.78 Å². The average molecular weight is 283 g/mol. The molecule has 2 aromatic carbocycles. The maximum absolute atomic E-state index is 12.4. The highest BCUT2D eigenvalue weighted by atomic mass is 16.5. The molecule has 0 atom stereocenters. The number of ether oxygens (including phenoxy) is 1. The molecule has 0 aliphatic heterocycles. The number of methoxy groups -OCH3 is 1. The van der Waals surface area contributed by atoms with Crippen LogP contribution in [0, 0.1) is 6.92 Å². The summed E-state index contributed by atoms with van der Waals surface area (Å²) in [4.78, 5) is 23.4. The highest BCUT2D eigenvalue weighted by Crippen LogP contribution is 2.21. The predicted octanol–water partition coefficient (Wildman–Crippen LogP) is 3.19. The average Bonchev–Trinajstić information content (AvgIpc) is 2.47. The number of ketones is 1. The first-order chi connectivity index (χ1) is 10.0. The monoisotopic (exact) mass is 283 g/mol. The number of nitrogens with one attached hydrogen (secondary N) is 1. The summed E-state index contributed by atoms with van der Waals surface area (Å²) in [5.74, 6) is 0.468. The van der Waals surface area contributed by atoms with E-state index in [1.807, 2.05) is 13.0 Å². The van der Waals surface area contributed by atoms with Crippen LogP contribution in [0.15, 0.2) is 42.5 Å². The number of hydrogen-bond acceptors (Lipinski definition) is 3. The standard InChI is InChI=1S/C17H17NO3/c1-11-4-5-14(10-16(11)21-3)17(20)13-6-8-15(9-7-13)18-12(2)19/h4-10H,1-3H3,(H,18,19). The van der Waals surface area contributed by atoms with E-state index in [-0.39, 0.29) is 11.7 Å². The zero-order valence-corrected chi connectivity index (χ0v) is 12.3. The Morgan fingerprint density at radius 1 is 1.00 bits per heavy atom. The number of carbonyl (C=O) groups is 2. The largest absolute Gasteiger partial charge is 0.496 e. The summed E-state index contributed by atoms with van der Waals surface area (Å²) >= 11 is 0. The normalized spacial score (nSPS) is 10.0. The first-order valence-electron chi connectivity index (χ1n) is 6.58. The maximum Gasteiger partial charge on any atom is 0.221 e. The van der Waals surface area contributed by atoms with Crippen LogP contribution < -0.4 is 10.1 Å². The molecule has 0 saturated heterocycles. The topological polar surface area (TPSA) is 55.4 Å². The molecule has 4 heteroatoms. The molecule has 0 bridgehead atoms. The lowest BCUT2D eigenvalue weighted by molar-refractivity contribution is -0.114. The lowest BCUT2D eigenvalue weighted by Crippen LogP contribution is -2.06. The number of carbonyl (C=O) groups excluding carboxylic acids is 2. The van der Waals surface area contributed by atoms with E-state index < -0.39 is 0 Å². The van der Waals surface area contributed by atoms with E-state index in [0.29, 0.717) is 22.6 Å². The second-order valence-electron chi connectivity index (χ2n) is 4.77. The Bertz CT molecular complexity index is 675. The summed E-state index contributed by atoms with van der Waals surface area (Å²) < 4.78 is 5.23. The highest BCUT2D eigenvalue weighted by Gasteiger charge is 2.11. The molecular formula is C17H17NO3. The second kappa shape index (κ2) is 6.22.